The quantitative estimate of drug-likeness (QED) is 0.176. The Bertz CT molecular complexity index is 3410. The Morgan fingerprint density at radius 2 is 1.14 bits per heavy atom. The Morgan fingerprint density at radius 1 is 0.491 bits per heavy atom. The smallest absolute Gasteiger partial charge is 0.141 e. The van der Waals surface area contributed by atoms with E-state index in [1.807, 2.05) is 11.3 Å². The maximum Gasteiger partial charge on any atom is 0.141 e. The summed E-state index contributed by atoms with van der Waals surface area (Å²) in [6, 6.07) is 59.3. The Hall–Kier alpha value is -7.08. The molecule has 12 rings (SSSR count). The topological polar surface area (TPSA) is 35.6 Å². The number of pyridine rings is 1. The van der Waals surface area contributed by atoms with Gasteiger partial charge >= 0.3 is 0 Å². The first-order valence-electron chi connectivity index (χ1n) is 19.6. The number of hydrogen-bond donors (Lipinski definition) is 0. The molecule has 1 aliphatic carbocycles. The number of allylic oxidation sites excluding steroid dienone is 4. The molecule has 0 radical (unpaired) electrons. The van der Waals surface area contributed by atoms with E-state index in [1.54, 1.807) is 0 Å². The lowest BCUT2D eigenvalue weighted by Crippen LogP contribution is -2.02. The lowest BCUT2D eigenvalue weighted by molar-refractivity contribution is 0.982. The van der Waals surface area contributed by atoms with Crippen molar-refractivity contribution in [2.75, 3.05) is 0 Å². The van der Waals surface area contributed by atoms with Crippen molar-refractivity contribution in [3.05, 3.63) is 188 Å². The molecule has 57 heavy (non-hydrogen) atoms. The van der Waals surface area contributed by atoms with E-state index in [0.29, 0.717) is 0 Å². The van der Waals surface area contributed by atoms with Gasteiger partial charge in [0.2, 0.25) is 0 Å². The van der Waals surface area contributed by atoms with Crippen LogP contribution in [0.25, 0.3) is 103 Å². The molecule has 5 heteroatoms. The number of rotatable bonds is 5. The number of hydrogen-bond acceptors (Lipinski definition) is 3. The van der Waals surface area contributed by atoms with Crippen LogP contribution in [0.15, 0.2) is 182 Å². The van der Waals surface area contributed by atoms with Crippen molar-refractivity contribution >= 4 is 80.8 Å². The summed E-state index contributed by atoms with van der Waals surface area (Å²) in [5, 5.41) is 6.13. The SMILES string of the molecule is C1=CCCC(c2nc3ccccc3n2-c2ccc(-c3cc(-c4nc5ccccc5c5sc6ccccc6c45)cc(-n4c5ccccc5c5ccccc54)c3)cc2)=C1. The third-order valence-electron chi connectivity index (χ3n) is 11.6. The zero-order valence-corrected chi connectivity index (χ0v) is 31.7. The van der Waals surface area contributed by atoms with Crippen LogP contribution < -0.4 is 0 Å². The van der Waals surface area contributed by atoms with E-state index in [4.69, 9.17) is 9.97 Å². The summed E-state index contributed by atoms with van der Waals surface area (Å²) >= 11 is 1.86. The molecule has 7 aromatic carbocycles. The van der Waals surface area contributed by atoms with Crippen LogP contribution >= 0.6 is 11.3 Å². The van der Waals surface area contributed by atoms with E-state index in [-0.39, 0.29) is 0 Å². The van der Waals surface area contributed by atoms with Crippen LogP contribution in [0.2, 0.25) is 0 Å². The van der Waals surface area contributed by atoms with Crippen molar-refractivity contribution < 1.29 is 0 Å². The average molecular weight is 747 g/mol. The van der Waals surface area contributed by atoms with E-state index in [9.17, 15) is 0 Å². The van der Waals surface area contributed by atoms with Gasteiger partial charge in [0.25, 0.3) is 0 Å². The third kappa shape index (κ3) is 5.06. The van der Waals surface area contributed by atoms with Gasteiger partial charge in [-0.05, 0) is 96.3 Å². The molecule has 4 nitrogen and oxygen atoms in total. The minimum absolute atomic E-state index is 0.978. The zero-order chi connectivity index (χ0) is 37.5. The van der Waals surface area contributed by atoms with Gasteiger partial charge in [-0.15, -0.1) is 11.3 Å². The standard InChI is InChI=1S/C52H34N4S/c1-2-14-34(15-3-1)52-54-44-21-9-12-24-47(44)56(52)37-28-26-33(27-29-37)35-30-36(32-38(31-35)55-45-22-10-5-16-39(45)40-17-6-11-23-46(40)55)50-49-42-19-7-13-25-48(42)57-51(49)41-18-4-8-20-43(41)53-50/h1-2,4-14,16-32H,3,15H2. The highest BCUT2D eigenvalue weighted by Crippen LogP contribution is 2.44. The molecule has 0 atom stereocenters. The molecular formula is C52H34N4S. The molecule has 0 saturated carbocycles. The Balaban J connectivity index is 1.11. The molecule has 4 heterocycles. The molecule has 0 unspecified atom stereocenters. The highest BCUT2D eigenvalue weighted by atomic mass is 32.1. The number of benzene rings is 7. The fourth-order valence-electron chi connectivity index (χ4n) is 8.96. The summed E-state index contributed by atoms with van der Waals surface area (Å²) in [4.78, 5) is 10.6. The van der Waals surface area contributed by atoms with Crippen LogP contribution in [0.5, 0.6) is 0 Å². The first-order chi connectivity index (χ1) is 28.3. The molecule has 0 bridgehead atoms. The second-order valence-corrected chi connectivity index (χ2v) is 15.9. The summed E-state index contributed by atoms with van der Waals surface area (Å²) in [5.41, 5.74) is 13.3. The largest absolute Gasteiger partial charge is 0.309 e. The average Bonchev–Trinajstić information content (AvgIpc) is 3.97. The fraction of sp³-hybridized carbons (Fsp3) is 0.0385. The van der Waals surface area contributed by atoms with E-state index < -0.39 is 0 Å². The van der Waals surface area contributed by atoms with Gasteiger partial charge in [0.05, 0.1) is 33.3 Å². The summed E-state index contributed by atoms with van der Waals surface area (Å²) < 4.78 is 7.29. The van der Waals surface area contributed by atoms with Crippen LogP contribution in [0.4, 0.5) is 0 Å². The van der Waals surface area contributed by atoms with Gasteiger partial charge in [-0.3, -0.25) is 4.57 Å². The fourth-order valence-corrected chi connectivity index (χ4v) is 10.2. The van der Waals surface area contributed by atoms with E-state index >= 15 is 0 Å². The van der Waals surface area contributed by atoms with Crippen molar-refractivity contribution in [3.8, 4) is 33.8 Å². The normalized spacial score (nSPS) is 13.2. The summed E-state index contributed by atoms with van der Waals surface area (Å²) in [6.07, 6.45) is 8.60. The van der Waals surface area contributed by atoms with E-state index in [2.05, 4.69) is 191 Å². The van der Waals surface area contributed by atoms with Crippen LogP contribution in [0.1, 0.15) is 18.7 Å². The van der Waals surface area contributed by atoms with Crippen LogP contribution in [-0.4, -0.2) is 19.1 Å². The van der Waals surface area contributed by atoms with Gasteiger partial charge < -0.3 is 4.57 Å². The second kappa shape index (κ2) is 12.7. The molecular weight excluding hydrogens is 713 g/mol. The number of nitrogens with zero attached hydrogens (tertiary/aromatic N) is 4. The number of thiophene rings is 1. The molecule has 0 amide bonds. The van der Waals surface area contributed by atoms with Crippen molar-refractivity contribution in [1.82, 2.24) is 19.1 Å². The van der Waals surface area contributed by atoms with Gasteiger partial charge in [-0.25, -0.2) is 9.97 Å². The molecule has 11 aromatic rings. The Labute approximate surface area is 332 Å². The van der Waals surface area contributed by atoms with Crippen molar-refractivity contribution in [1.29, 1.82) is 0 Å². The Kier molecular flexibility index (Phi) is 7.19. The lowest BCUT2D eigenvalue weighted by atomic mass is 9.97. The number of imidazole rings is 1. The van der Waals surface area contributed by atoms with Gasteiger partial charge in [-0.2, -0.15) is 0 Å². The van der Waals surface area contributed by atoms with Crippen LogP contribution in [-0.2, 0) is 0 Å². The maximum absolute atomic E-state index is 5.49. The molecule has 0 fully saturated rings. The van der Waals surface area contributed by atoms with E-state index in [0.717, 1.165) is 69.0 Å². The first-order valence-corrected chi connectivity index (χ1v) is 20.4. The third-order valence-corrected chi connectivity index (χ3v) is 12.8. The Morgan fingerprint density at radius 3 is 1.89 bits per heavy atom. The number of para-hydroxylation sites is 5. The van der Waals surface area contributed by atoms with Gasteiger partial charge in [0.1, 0.15) is 5.82 Å². The summed E-state index contributed by atoms with van der Waals surface area (Å²) in [6.45, 7) is 0. The molecule has 1 aliphatic rings. The molecule has 4 aromatic heterocycles. The summed E-state index contributed by atoms with van der Waals surface area (Å²) in [7, 11) is 0. The van der Waals surface area contributed by atoms with Gasteiger partial charge in [0.15, 0.2) is 0 Å². The maximum atomic E-state index is 5.49. The minimum Gasteiger partial charge on any atom is -0.309 e. The summed E-state index contributed by atoms with van der Waals surface area (Å²) in [5.74, 6) is 1.01. The molecule has 0 N–H and O–H groups in total. The van der Waals surface area contributed by atoms with Crippen LogP contribution in [0, 0.1) is 0 Å². The lowest BCUT2D eigenvalue weighted by Gasteiger charge is -2.16. The zero-order valence-electron chi connectivity index (χ0n) is 30.9. The first kappa shape index (κ1) is 32.2. The van der Waals surface area contributed by atoms with E-state index in [1.165, 1.54) is 52.9 Å². The number of aromatic nitrogens is 4. The van der Waals surface area contributed by atoms with Crippen LogP contribution in [0.3, 0.4) is 0 Å². The highest BCUT2D eigenvalue weighted by molar-refractivity contribution is 7.26. The highest BCUT2D eigenvalue weighted by Gasteiger charge is 2.21. The monoisotopic (exact) mass is 746 g/mol. The second-order valence-electron chi connectivity index (χ2n) is 14.9. The van der Waals surface area contributed by atoms with Gasteiger partial charge in [-0.1, -0.05) is 115 Å². The van der Waals surface area contributed by atoms with Crippen molar-refractivity contribution in [2.45, 2.75) is 12.8 Å². The molecule has 268 valence electrons. The predicted octanol–water partition coefficient (Wildman–Crippen LogP) is 14.1. The molecule has 0 aliphatic heterocycles. The van der Waals surface area contributed by atoms with Crippen molar-refractivity contribution in [3.63, 3.8) is 0 Å². The number of fused-ring (bicyclic) bond motifs is 9. The van der Waals surface area contributed by atoms with Crippen molar-refractivity contribution in [2.24, 2.45) is 0 Å². The van der Waals surface area contributed by atoms with Gasteiger partial charge in [0, 0.05) is 53.3 Å². The molecule has 0 saturated heterocycles. The predicted molar refractivity (Wildman–Crippen MR) is 241 cm³/mol. The molecule has 0 spiro atoms. The minimum atomic E-state index is 0.978.